The van der Waals surface area contributed by atoms with Crippen LogP contribution in [0.1, 0.15) is 144 Å². The number of nitrogens with two attached hydrogens (primary N) is 2. The molecule has 0 spiro atoms. The molecule has 2 aromatic rings. The lowest BCUT2D eigenvalue weighted by Crippen LogP contribution is -2.63. The van der Waals surface area contributed by atoms with E-state index in [0.29, 0.717) is 11.1 Å². The highest BCUT2D eigenvalue weighted by Gasteiger charge is 2.44. The van der Waals surface area contributed by atoms with Crippen molar-refractivity contribution in [3.63, 3.8) is 0 Å². The number of carbonyl (C=O) groups is 20. The number of hydrogen-bond donors (Lipinski definition) is 26. The Morgan fingerprint density at radius 2 is 0.884 bits per heavy atom. The summed E-state index contributed by atoms with van der Waals surface area (Å²) in [5, 5.41) is 125. The van der Waals surface area contributed by atoms with Crippen molar-refractivity contribution < 1.29 is 142 Å². The molecule has 17 amide bonds. The highest BCUT2D eigenvalue weighted by molar-refractivity contribution is 7.98. The van der Waals surface area contributed by atoms with E-state index in [-0.39, 0.29) is 88.3 Å². The van der Waals surface area contributed by atoms with Crippen LogP contribution in [-0.2, 0) is 109 Å². The van der Waals surface area contributed by atoms with E-state index in [0.717, 1.165) is 32.6 Å². The number of hydrogen-bond acceptors (Lipinski definition) is 28. The molecule has 0 radical (unpaired) electrons. The van der Waals surface area contributed by atoms with Gasteiger partial charge in [-0.25, -0.2) is 4.79 Å². The van der Waals surface area contributed by atoms with Crippen molar-refractivity contribution >= 4 is 130 Å². The van der Waals surface area contributed by atoms with Crippen molar-refractivity contribution in [1.82, 2.24) is 84.7 Å². The van der Waals surface area contributed by atoms with Crippen LogP contribution < -0.4 is 91.2 Å². The van der Waals surface area contributed by atoms with Gasteiger partial charge < -0.3 is 142 Å². The van der Waals surface area contributed by atoms with Crippen molar-refractivity contribution in [3.8, 4) is 5.75 Å². The first-order valence-corrected chi connectivity index (χ1v) is 42.9. The maximum atomic E-state index is 14.4. The Kier molecular flexibility index (Phi) is 50.9. The van der Waals surface area contributed by atoms with Crippen LogP contribution >= 0.6 is 11.8 Å². The van der Waals surface area contributed by atoms with Crippen LogP contribution in [0.4, 0.5) is 0 Å². The van der Waals surface area contributed by atoms with Crippen LogP contribution in [0.5, 0.6) is 5.75 Å². The SMILES string of the molecule is CC(=O)O.CSCCC(NC(=O)C(Cc1ccccc1)NC(=O)CNC(=O)CNC(=O)C(Cc1ccc(O)cc1)NC(C)=O)C(=O)NC(C(=O)NC(CO)C(=O)NC(CCC(=O)O)C(=O)NC(CCCCN)C(=O)NC(CO)C(=O)NC(CCC(N)=O)C(=O)NC(C(=O)N1CCCC1C(=O)NC(CC(C)C)C(=O)NC(C(=O)NC(C(=O)O)C(C)O)C(C)C)C(C)O)C(C)O. The molecule has 2 aromatic carbocycles. The third-order valence-electron chi connectivity index (χ3n) is 19.5. The first-order chi connectivity index (χ1) is 60.6. The Hall–Kier alpha value is -12.2. The number of carboxylic acid groups (broad SMARTS) is 3. The fourth-order valence-electron chi connectivity index (χ4n) is 12.7. The summed E-state index contributed by atoms with van der Waals surface area (Å²) in [6, 6.07) is -9.35. The zero-order valence-corrected chi connectivity index (χ0v) is 74.3. The van der Waals surface area contributed by atoms with Crippen molar-refractivity contribution in [2.24, 2.45) is 23.3 Å². The van der Waals surface area contributed by atoms with Gasteiger partial charge in [-0.15, -0.1) is 0 Å². The molecular weight excluding hydrogens is 1720 g/mol. The number of phenolic OH excluding ortho intramolecular Hbond substituents is 1. The molecule has 28 N–H and O–H groups in total. The predicted molar refractivity (Wildman–Crippen MR) is 459 cm³/mol. The first kappa shape index (κ1) is 113. The number of aliphatic carboxylic acids is 3. The summed E-state index contributed by atoms with van der Waals surface area (Å²) in [5.41, 5.74) is 12.2. The second-order valence-electron chi connectivity index (χ2n) is 31.3. The van der Waals surface area contributed by atoms with E-state index in [9.17, 15) is 132 Å². The molecule has 3 rings (SSSR count). The standard InChI is InChI=1S/C79H122N18O27S.C2H4O2/c1-39(2)32-52(72(116)93-62(40(3)4)76(120)96-65(43(7)102)79(123)124)90-75(119)57-19-15-30-97(57)78(122)64(42(6)101)95-69(113)49(24-26-58(81)105)87-73(117)55(37-98)91-67(111)48(18-13-14-29-80)86-68(112)50(25-27-61(108)109)88-74(118)56(38-99)92-77(121)63(41(5)100)94-70(114)51(28-31-125-9)89-71(115)54(33-45-16-11-10-12-17-45)85-60(107)36-82-59(106)35-83-66(110)53(84-44(8)103)34-46-20-22-47(104)23-21-46;1-2(3)4/h10-12,16-17,20-23,39-43,48-57,62-65,98-102,104H,13-15,18-19,24-38,80H2,1-9H3,(H2,81,105)(H,82,106)(H,83,110)(H,84,103)(H,85,107)(H,86,112)(H,87,117)(H,88,118)(H,89,115)(H,90,119)(H,91,111)(H,92,121)(H,93,116)(H,94,114)(H,95,113)(H,96,120)(H,108,109)(H,123,124);1H3,(H,3,4). The maximum absolute atomic E-state index is 14.4. The van der Waals surface area contributed by atoms with Crippen LogP contribution in [0, 0.1) is 11.8 Å². The molecule has 129 heavy (non-hydrogen) atoms. The molecule has 17 atom stereocenters. The summed E-state index contributed by atoms with van der Waals surface area (Å²) in [6.07, 6.45) is -6.46. The molecule has 720 valence electrons. The fraction of sp³-hybridized carbons (Fsp3) is 0.605. The van der Waals surface area contributed by atoms with Gasteiger partial charge in [-0.2, -0.15) is 11.8 Å². The third-order valence-corrected chi connectivity index (χ3v) is 20.1. The fourth-order valence-corrected chi connectivity index (χ4v) is 13.2. The largest absolute Gasteiger partial charge is 0.508 e. The molecule has 1 aliphatic rings. The van der Waals surface area contributed by atoms with Crippen LogP contribution in [0.2, 0.25) is 0 Å². The highest BCUT2D eigenvalue weighted by Crippen LogP contribution is 2.22. The highest BCUT2D eigenvalue weighted by atomic mass is 32.2. The van der Waals surface area contributed by atoms with Gasteiger partial charge in [-0.3, -0.25) is 91.1 Å². The summed E-state index contributed by atoms with van der Waals surface area (Å²) >= 11 is 1.23. The van der Waals surface area contributed by atoms with Gasteiger partial charge in [-0.05, 0) is 132 Å². The van der Waals surface area contributed by atoms with Gasteiger partial charge >= 0.3 is 11.9 Å². The molecule has 0 aromatic heterocycles. The van der Waals surface area contributed by atoms with Gasteiger partial charge in [0, 0.05) is 46.1 Å². The van der Waals surface area contributed by atoms with E-state index < -0.39 is 279 Å². The molecule has 0 saturated carbocycles. The van der Waals surface area contributed by atoms with E-state index in [2.05, 4.69) is 79.8 Å². The Morgan fingerprint density at radius 3 is 1.36 bits per heavy atom. The zero-order valence-electron chi connectivity index (χ0n) is 73.5. The molecule has 17 unspecified atom stereocenters. The number of amides is 17. The monoisotopic (exact) mass is 1850 g/mol. The minimum absolute atomic E-state index is 0.0000342. The van der Waals surface area contributed by atoms with Crippen molar-refractivity contribution in [2.45, 2.75) is 249 Å². The van der Waals surface area contributed by atoms with Gasteiger partial charge in [0.25, 0.3) is 5.97 Å². The van der Waals surface area contributed by atoms with Crippen molar-refractivity contribution in [2.75, 3.05) is 51.4 Å². The second kappa shape index (κ2) is 58.3. The van der Waals surface area contributed by atoms with Crippen LogP contribution in [-0.4, -0.2) is 323 Å². The number of carboxylic acids is 3. The lowest BCUT2D eigenvalue weighted by Gasteiger charge is -2.32. The molecule has 0 aliphatic carbocycles. The molecule has 1 saturated heterocycles. The Bertz CT molecular complexity index is 4120. The third kappa shape index (κ3) is 42.0. The summed E-state index contributed by atoms with van der Waals surface area (Å²) in [4.78, 5) is 267. The number of aromatic hydroxyl groups is 1. The average molecular weight is 1850 g/mol. The number of phenols is 1. The van der Waals surface area contributed by atoms with E-state index in [4.69, 9.17) is 21.4 Å². The van der Waals surface area contributed by atoms with E-state index in [1.165, 1.54) is 43.0 Å². The van der Waals surface area contributed by atoms with Crippen LogP contribution in [0.3, 0.4) is 0 Å². The van der Waals surface area contributed by atoms with Gasteiger partial charge in [0.2, 0.25) is 100 Å². The molecule has 48 heteroatoms. The normalized spacial score (nSPS) is 15.9. The number of aliphatic hydroxyl groups is 5. The number of benzene rings is 2. The average Bonchev–Trinajstić information content (AvgIpc) is 1.70. The summed E-state index contributed by atoms with van der Waals surface area (Å²) in [7, 11) is 0. The zero-order chi connectivity index (χ0) is 97.6. The lowest BCUT2D eigenvalue weighted by atomic mass is 9.99. The van der Waals surface area contributed by atoms with Gasteiger partial charge in [-0.1, -0.05) is 70.2 Å². The smallest absolute Gasteiger partial charge is 0.328 e. The number of primary amides is 1. The Labute approximate surface area is 748 Å². The lowest BCUT2D eigenvalue weighted by molar-refractivity contribution is -0.145. The number of nitrogens with zero attached hydrogens (tertiary/aromatic N) is 1. The molecule has 1 heterocycles. The molecule has 1 fully saturated rings. The molecule has 1 aliphatic heterocycles. The number of thioether (sulfide) groups is 1. The minimum atomic E-state index is -2.06. The number of aliphatic hydroxyl groups excluding tert-OH is 5. The summed E-state index contributed by atoms with van der Waals surface area (Å²) < 4.78 is 0. The van der Waals surface area contributed by atoms with Gasteiger partial charge in [0.1, 0.15) is 84.3 Å². The van der Waals surface area contributed by atoms with E-state index in [1.807, 2.05) is 0 Å². The maximum Gasteiger partial charge on any atom is 0.328 e. The summed E-state index contributed by atoms with van der Waals surface area (Å²) in [6.45, 7) is 8.12. The Balaban J connectivity index is 0.0000138. The number of carbonyl (C=O) groups excluding carboxylic acids is 17. The predicted octanol–water partition coefficient (Wildman–Crippen LogP) is -8.26. The van der Waals surface area contributed by atoms with Gasteiger partial charge in [0.05, 0.1) is 44.6 Å². The molecule has 0 bridgehead atoms. The molecule has 47 nitrogen and oxygen atoms in total. The quantitative estimate of drug-likeness (QED) is 0.0274. The van der Waals surface area contributed by atoms with Crippen molar-refractivity contribution in [1.29, 1.82) is 0 Å². The van der Waals surface area contributed by atoms with E-state index >= 15 is 0 Å². The van der Waals surface area contributed by atoms with E-state index in [1.54, 1.807) is 64.3 Å². The Morgan fingerprint density at radius 1 is 0.457 bits per heavy atom. The number of nitrogens with one attached hydrogen (secondary N) is 15. The van der Waals surface area contributed by atoms with Crippen molar-refractivity contribution in [3.05, 3.63) is 65.7 Å². The summed E-state index contributed by atoms with van der Waals surface area (Å²) in [5.74, 6) is -22.3. The number of rotatable bonds is 56. The molecular formula is C81H126N18O29S. The second-order valence-corrected chi connectivity index (χ2v) is 32.3. The first-order valence-electron chi connectivity index (χ1n) is 41.5. The van der Waals surface area contributed by atoms with Gasteiger partial charge in [0.15, 0.2) is 6.04 Å². The van der Waals surface area contributed by atoms with Crippen LogP contribution in [0.15, 0.2) is 54.6 Å². The van der Waals surface area contributed by atoms with Crippen LogP contribution in [0.25, 0.3) is 0 Å². The number of likely N-dealkylation sites (tertiary alicyclic amines) is 1. The minimum Gasteiger partial charge on any atom is -0.508 e. The topological polar surface area (TPSA) is 759 Å². The number of unbranched alkanes of at least 4 members (excludes halogenated alkanes) is 1.